The van der Waals surface area contributed by atoms with E-state index in [-0.39, 0.29) is 29.1 Å². The molecule has 1 aliphatic heterocycles. The minimum absolute atomic E-state index is 0.0320. The van der Waals surface area contributed by atoms with Crippen LogP contribution in [0.1, 0.15) is 10.4 Å². The Hall–Kier alpha value is -3.11. The van der Waals surface area contributed by atoms with Crippen molar-refractivity contribution in [1.29, 1.82) is 0 Å². The number of amides is 2. The molecule has 2 aromatic carbocycles. The highest BCUT2D eigenvalue weighted by atomic mass is 35.5. The van der Waals surface area contributed by atoms with Gasteiger partial charge in [-0.2, -0.15) is 8.78 Å². The number of piperazine rings is 1. The van der Waals surface area contributed by atoms with Crippen molar-refractivity contribution >= 4 is 29.1 Å². The number of rotatable bonds is 8. The molecule has 3 rings (SSSR count). The average molecular weight is 484 g/mol. The van der Waals surface area contributed by atoms with E-state index in [0.717, 1.165) is 0 Å². The highest BCUT2D eigenvalue weighted by molar-refractivity contribution is 6.32. The van der Waals surface area contributed by atoms with Crippen LogP contribution in [0.3, 0.4) is 0 Å². The largest absolute Gasteiger partial charge is 0.493 e. The molecule has 33 heavy (non-hydrogen) atoms. The number of benzene rings is 2. The minimum Gasteiger partial charge on any atom is -0.493 e. The Morgan fingerprint density at radius 2 is 1.67 bits per heavy atom. The molecular weight excluding hydrogens is 460 g/mol. The van der Waals surface area contributed by atoms with Crippen molar-refractivity contribution in [3.8, 4) is 17.2 Å². The fourth-order valence-corrected chi connectivity index (χ4v) is 3.66. The first-order chi connectivity index (χ1) is 15.8. The SMILES string of the molecule is COc1ccc(C(=O)N2CCN(CC(=O)Nc3ccc(OC(F)F)c(Cl)c3)CC2)cc1OC. The molecule has 0 spiro atoms. The fourth-order valence-electron chi connectivity index (χ4n) is 3.43. The van der Waals surface area contributed by atoms with Crippen LogP contribution in [0.15, 0.2) is 36.4 Å². The lowest BCUT2D eigenvalue weighted by atomic mass is 10.1. The molecule has 1 heterocycles. The molecule has 2 aromatic rings. The van der Waals surface area contributed by atoms with Crippen molar-refractivity contribution in [3.05, 3.63) is 47.0 Å². The normalized spacial score (nSPS) is 14.2. The summed E-state index contributed by atoms with van der Waals surface area (Å²) >= 11 is 5.91. The highest BCUT2D eigenvalue weighted by Crippen LogP contribution is 2.29. The predicted molar refractivity (Wildman–Crippen MR) is 119 cm³/mol. The third-order valence-corrected chi connectivity index (χ3v) is 5.38. The zero-order valence-corrected chi connectivity index (χ0v) is 18.9. The number of carbonyl (C=O) groups is 2. The molecule has 0 atom stereocenters. The molecule has 0 radical (unpaired) electrons. The monoisotopic (exact) mass is 483 g/mol. The number of hydrogen-bond acceptors (Lipinski definition) is 6. The number of ether oxygens (including phenoxy) is 3. The van der Waals surface area contributed by atoms with Gasteiger partial charge in [0.15, 0.2) is 11.5 Å². The van der Waals surface area contributed by atoms with Crippen LogP contribution in [-0.2, 0) is 4.79 Å². The van der Waals surface area contributed by atoms with Gasteiger partial charge in [0.25, 0.3) is 5.91 Å². The number of halogens is 3. The smallest absolute Gasteiger partial charge is 0.387 e. The molecule has 1 N–H and O–H groups in total. The van der Waals surface area contributed by atoms with Crippen molar-refractivity contribution in [2.75, 3.05) is 52.3 Å². The summed E-state index contributed by atoms with van der Waals surface area (Å²) in [6, 6.07) is 9.06. The molecule has 2 amide bonds. The molecule has 1 aliphatic rings. The van der Waals surface area contributed by atoms with Gasteiger partial charge in [-0.15, -0.1) is 0 Å². The van der Waals surface area contributed by atoms with Crippen LogP contribution in [0, 0.1) is 0 Å². The van der Waals surface area contributed by atoms with E-state index in [1.54, 1.807) is 23.1 Å². The van der Waals surface area contributed by atoms with Gasteiger partial charge in [-0.1, -0.05) is 11.6 Å². The second kappa shape index (κ2) is 11.2. The maximum Gasteiger partial charge on any atom is 0.387 e. The van der Waals surface area contributed by atoms with Gasteiger partial charge in [0.1, 0.15) is 5.75 Å². The molecule has 11 heteroatoms. The van der Waals surface area contributed by atoms with Gasteiger partial charge in [-0.05, 0) is 36.4 Å². The van der Waals surface area contributed by atoms with Crippen molar-refractivity contribution in [1.82, 2.24) is 9.80 Å². The predicted octanol–water partition coefficient (Wildman–Crippen LogP) is 3.36. The van der Waals surface area contributed by atoms with Crippen LogP contribution in [0.4, 0.5) is 14.5 Å². The Balaban J connectivity index is 1.50. The van der Waals surface area contributed by atoms with E-state index in [2.05, 4.69) is 10.1 Å². The summed E-state index contributed by atoms with van der Waals surface area (Å²) in [6.45, 7) is -0.897. The maximum atomic E-state index is 12.8. The van der Waals surface area contributed by atoms with E-state index in [1.807, 2.05) is 4.90 Å². The van der Waals surface area contributed by atoms with E-state index in [0.29, 0.717) is 48.9 Å². The zero-order chi connectivity index (χ0) is 24.0. The standard InChI is InChI=1S/C22H24ClF2N3O5/c1-31-18-5-3-14(11-19(18)32-2)21(30)28-9-7-27(8-10-28)13-20(29)26-15-4-6-17(16(23)12-15)33-22(24)25/h3-6,11-12,22H,7-10,13H2,1-2H3,(H,26,29). The summed E-state index contributed by atoms with van der Waals surface area (Å²) in [4.78, 5) is 28.8. The van der Waals surface area contributed by atoms with Crippen LogP contribution in [0.5, 0.6) is 17.2 Å². The maximum absolute atomic E-state index is 12.8. The van der Waals surface area contributed by atoms with Gasteiger partial charge in [0.2, 0.25) is 5.91 Å². The van der Waals surface area contributed by atoms with Crippen molar-refractivity contribution < 1.29 is 32.6 Å². The van der Waals surface area contributed by atoms with Gasteiger partial charge in [0.05, 0.1) is 25.8 Å². The topological polar surface area (TPSA) is 80.3 Å². The van der Waals surface area contributed by atoms with E-state index < -0.39 is 6.61 Å². The lowest BCUT2D eigenvalue weighted by Crippen LogP contribution is -2.50. The van der Waals surface area contributed by atoms with Crippen LogP contribution in [-0.4, -0.2) is 75.2 Å². The van der Waals surface area contributed by atoms with Crippen molar-refractivity contribution in [2.45, 2.75) is 6.61 Å². The number of alkyl halides is 2. The Bertz CT molecular complexity index is 1000. The Morgan fingerprint density at radius 1 is 1.00 bits per heavy atom. The first kappa shape index (κ1) is 24.5. The summed E-state index contributed by atoms with van der Waals surface area (Å²) in [5.74, 6) is 0.448. The molecule has 178 valence electrons. The van der Waals surface area contributed by atoms with Crippen LogP contribution in [0.2, 0.25) is 5.02 Å². The van der Waals surface area contributed by atoms with Crippen LogP contribution in [0.25, 0.3) is 0 Å². The molecule has 0 bridgehead atoms. The second-order valence-electron chi connectivity index (χ2n) is 7.21. The van der Waals surface area contributed by atoms with Gasteiger partial charge in [-0.25, -0.2) is 0 Å². The van der Waals surface area contributed by atoms with E-state index in [9.17, 15) is 18.4 Å². The van der Waals surface area contributed by atoms with E-state index >= 15 is 0 Å². The molecule has 0 aliphatic carbocycles. The van der Waals surface area contributed by atoms with Gasteiger partial charge in [-0.3, -0.25) is 14.5 Å². The van der Waals surface area contributed by atoms with Crippen molar-refractivity contribution in [3.63, 3.8) is 0 Å². The fraction of sp³-hybridized carbons (Fsp3) is 0.364. The Morgan fingerprint density at radius 3 is 2.27 bits per heavy atom. The van der Waals surface area contributed by atoms with Gasteiger partial charge < -0.3 is 24.4 Å². The highest BCUT2D eigenvalue weighted by Gasteiger charge is 2.24. The quantitative estimate of drug-likeness (QED) is 0.620. The second-order valence-corrected chi connectivity index (χ2v) is 7.62. The first-order valence-electron chi connectivity index (χ1n) is 10.1. The van der Waals surface area contributed by atoms with Crippen molar-refractivity contribution in [2.24, 2.45) is 0 Å². The van der Waals surface area contributed by atoms with E-state index in [4.69, 9.17) is 21.1 Å². The number of carbonyl (C=O) groups excluding carboxylic acids is 2. The third-order valence-electron chi connectivity index (χ3n) is 5.09. The summed E-state index contributed by atoms with van der Waals surface area (Å²) in [5.41, 5.74) is 0.865. The molecule has 1 fully saturated rings. The lowest BCUT2D eigenvalue weighted by molar-refractivity contribution is -0.117. The number of nitrogens with one attached hydrogen (secondary N) is 1. The van der Waals surface area contributed by atoms with Gasteiger partial charge in [0, 0.05) is 37.4 Å². The molecule has 0 saturated carbocycles. The summed E-state index contributed by atoms with van der Waals surface area (Å²) in [6.07, 6.45) is 0. The first-order valence-corrected chi connectivity index (χ1v) is 10.5. The summed E-state index contributed by atoms with van der Waals surface area (Å²) < 4.78 is 39.4. The molecule has 0 unspecified atom stereocenters. The molecule has 8 nitrogen and oxygen atoms in total. The molecule has 1 saturated heterocycles. The number of methoxy groups -OCH3 is 2. The number of anilines is 1. The van der Waals surface area contributed by atoms with E-state index in [1.165, 1.54) is 32.4 Å². The molecular formula is C22H24ClF2N3O5. The van der Waals surface area contributed by atoms with Gasteiger partial charge >= 0.3 is 6.61 Å². The Kier molecular flexibility index (Phi) is 8.29. The zero-order valence-electron chi connectivity index (χ0n) is 18.1. The molecule has 0 aromatic heterocycles. The minimum atomic E-state index is -2.99. The summed E-state index contributed by atoms with van der Waals surface area (Å²) in [5, 5.41) is 2.65. The number of hydrogen-bond donors (Lipinski definition) is 1. The lowest BCUT2D eigenvalue weighted by Gasteiger charge is -2.34. The van der Waals surface area contributed by atoms with Crippen LogP contribution >= 0.6 is 11.6 Å². The van der Waals surface area contributed by atoms with Crippen LogP contribution < -0.4 is 19.5 Å². The summed E-state index contributed by atoms with van der Waals surface area (Å²) in [7, 11) is 3.04. The number of nitrogens with zero attached hydrogens (tertiary/aromatic N) is 2. The third kappa shape index (κ3) is 6.45. The Labute approximate surface area is 194 Å². The average Bonchev–Trinajstić information content (AvgIpc) is 2.80.